The zero-order valence-electron chi connectivity index (χ0n) is 12.9. The molecule has 2 aromatic rings. The molecule has 0 amide bonds. The van der Waals surface area contributed by atoms with E-state index in [0.717, 1.165) is 42.6 Å². The molecule has 122 valence electrons. The molecule has 1 aromatic carbocycles. The molecule has 6 heteroatoms. The normalized spacial score (nSPS) is 18.0. The number of benzene rings is 1. The van der Waals surface area contributed by atoms with Gasteiger partial charge in [0.1, 0.15) is 17.9 Å². The number of rotatable bonds is 4. The van der Waals surface area contributed by atoms with Crippen LogP contribution in [-0.4, -0.2) is 46.2 Å². The van der Waals surface area contributed by atoms with Crippen molar-refractivity contribution in [2.45, 2.75) is 31.9 Å². The molecule has 0 aliphatic carbocycles. The smallest absolute Gasteiger partial charge is 0.320 e. The maximum Gasteiger partial charge on any atom is 0.320 e. The summed E-state index contributed by atoms with van der Waals surface area (Å²) in [7, 11) is 0. The van der Waals surface area contributed by atoms with Crippen molar-refractivity contribution in [3.63, 3.8) is 0 Å². The lowest BCUT2D eigenvalue weighted by Gasteiger charge is -2.34. The van der Waals surface area contributed by atoms with Crippen LogP contribution in [0.1, 0.15) is 19.8 Å². The van der Waals surface area contributed by atoms with Crippen LogP contribution in [0.15, 0.2) is 30.5 Å². The van der Waals surface area contributed by atoms with Gasteiger partial charge in [0, 0.05) is 24.7 Å². The third-order valence-corrected chi connectivity index (χ3v) is 4.67. The minimum Gasteiger partial charge on any atom is -0.490 e. The summed E-state index contributed by atoms with van der Waals surface area (Å²) in [5, 5.41) is 10.6. The number of pyridine rings is 1. The van der Waals surface area contributed by atoms with Gasteiger partial charge in [-0.15, -0.1) is 0 Å². The van der Waals surface area contributed by atoms with Crippen molar-refractivity contribution in [2.75, 3.05) is 13.1 Å². The summed E-state index contributed by atoms with van der Waals surface area (Å²) >= 11 is 6.20. The molecule has 1 aromatic heterocycles. The number of fused-ring (bicyclic) bond motifs is 1. The SMILES string of the molecule is CC(C(=O)O)N1CCC(Oc2ccc3nccc(Cl)c3c2)CC1. The predicted octanol–water partition coefficient (Wildman–Crippen LogP) is 3.20. The number of piperidine rings is 1. The summed E-state index contributed by atoms with van der Waals surface area (Å²) < 4.78 is 6.05. The Bertz CT molecular complexity index is 714. The lowest BCUT2D eigenvalue weighted by molar-refractivity contribution is -0.143. The van der Waals surface area contributed by atoms with E-state index in [1.54, 1.807) is 19.2 Å². The molecule has 0 radical (unpaired) electrons. The summed E-state index contributed by atoms with van der Waals surface area (Å²) in [5.74, 6) is -0.00169. The first kappa shape index (κ1) is 16.0. The minimum atomic E-state index is -0.777. The van der Waals surface area contributed by atoms with Crippen molar-refractivity contribution in [3.8, 4) is 5.75 Å². The molecule has 2 heterocycles. The standard InChI is InChI=1S/C17H19ClN2O3/c1-11(17(21)22)20-8-5-12(6-9-20)23-13-2-3-16-14(10-13)15(18)4-7-19-16/h2-4,7,10-12H,5-6,8-9H2,1H3,(H,21,22). The van der Waals surface area contributed by atoms with E-state index >= 15 is 0 Å². The van der Waals surface area contributed by atoms with Gasteiger partial charge in [-0.25, -0.2) is 0 Å². The Balaban J connectivity index is 1.65. The van der Waals surface area contributed by atoms with Crippen LogP contribution in [0.3, 0.4) is 0 Å². The number of ether oxygens (including phenoxy) is 1. The molecule has 1 atom stereocenters. The second kappa shape index (κ2) is 6.72. The molecule has 1 aliphatic rings. The van der Waals surface area contributed by atoms with Crippen LogP contribution in [0.2, 0.25) is 5.02 Å². The maximum absolute atomic E-state index is 11.0. The van der Waals surface area contributed by atoms with Gasteiger partial charge in [0.15, 0.2) is 0 Å². The molecule has 1 aliphatic heterocycles. The van der Waals surface area contributed by atoms with Crippen LogP contribution in [0.25, 0.3) is 10.9 Å². The fraction of sp³-hybridized carbons (Fsp3) is 0.412. The number of carbonyl (C=O) groups is 1. The number of aromatic nitrogens is 1. The van der Waals surface area contributed by atoms with Crippen LogP contribution in [0.4, 0.5) is 0 Å². The fourth-order valence-corrected chi connectivity index (χ4v) is 3.10. The Kier molecular flexibility index (Phi) is 4.68. The Morgan fingerprint density at radius 2 is 2.13 bits per heavy atom. The van der Waals surface area contributed by atoms with Crippen LogP contribution in [-0.2, 0) is 4.79 Å². The topological polar surface area (TPSA) is 62.7 Å². The van der Waals surface area contributed by atoms with E-state index < -0.39 is 12.0 Å². The first-order valence-electron chi connectivity index (χ1n) is 7.72. The lowest BCUT2D eigenvalue weighted by atomic mass is 10.1. The number of carboxylic acid groups (broad SMARTS) is 1. The van der Waals surface area contributed by atoms with E-state index in [2.05, 4.69) is 4.98 Å². The number of carboxylic acids is 1. The van der Waals surface area contributed by atoms with Gasteiger partial charge in [-0.05, 0) is 44.0 Å². The van der Waals surface area contributed by atoms with Crippen LogP contribution < -0.4 is 4.74 Å². The average Bonchev–Trinajstić information content (AvgIpc) is 2.55. The Hall–Kier alpha value is -1.85. The molecule has 23 heavy (non-hydrogen) atoms. The second-order valence-electron chi connectivity index (χ2n) is 5.84. The van der Waals surface area contributed by atoms with Gasteiger partial charge < -0.3 is 9.84 Å². The van der Waals surface area contributed by atoms with Gasteiger partial charge in [0.05, 0.1) is 10.5 Å². The number of likely N-dealkylation sites (tertiary alicyclic amines) is 1. The first-order valence-corrected chi connectivity index (χ1v) is 8.10. The minimum absolute atomic E-state index is 0.0974. The summed E-state index contributed by atoms with van der Waals surface area (Å²) in [6.07, 6.45) is 3.41. The summed E-state index contributed by atoms with van der Waals surface area (Å²) in [5.41, 5.74) is 0.843. The first-order chi connectivity index (χ1) is 11.0. The Morgan fingerprint density at radius 1 is 1.39 bits per heavy atom. The van der Waals surface area contributed by atoms with Crippen molar-refractivity contribution < 1.29 is 14.6 Å². The molecule has 0 spiro atoms. The highest BCUT2D eigenvalue weighted by molar-refractivity contribution is 6.35. The third kappa shape index (κ3) is 3.57. The van der Waals surface area contributed by atoms with Gasteiger partial charge in [0.2, 0.25) is 0 Å². The van der Waals surface area contributed by atoms with E-state index in [-0.39, 0.29) is 6.10 Å². The molecule has 1 saturated heterocycles. The molecule has 1 N–H and O–H groups in total. The molecule has 0 saturated carbocycles. The average molecular weight is 335 g/mol. The largest absolute Gasteiger partial charge is 0.490 e. The number of aliphatic carboxylic acids is 1. The molecule has 1 fully saturated rings. The fourth-order valence-electron chi connectivity index (χ4n) is 2.89. The quantitative estimate of drug-likeness (QED) is 0.930. The third-order valence-electron chi connectivity index (χ3n) is 4.34. The molecule has 5 nitrogen and oxygen atoms in total. The van der Waals surface area contributed by atoms with Crippen LogP contribution in [0, 0.1) is 0 Å². The number of hydrogen-bond donors (Lipinski definition) is 1. The highest BCUT2D eigenvalue weighted by atomic mass is 35.5. The van der Waals surface area contributed by atoms with Gasteiger partial charge in [-0.2, -0.15) is 0 Å². The zero-order valence-corrected chi connectivity index (χ0v) is 13.7. The Labute approximate surface area is 139 Å². The lowest BCUT2D eigenvalue weighted by Crippen LogP contribution is -2.46. The van der Waals surface area contributed by atoms with Crippen molar-refractivity contribution in [1.29, 1.82) is 0 Å². The highest BCUT2D eigenvalue weighted by Crippen LogP contribution is 2.27. The van der Waals surface area contributed by atoms with Gasteiger partial charge in [-0.3, -0.25) is 14.7 Å². The van der Waals surface area contributed by atoms with E-state index in [1.165, 1.54) is 0 Å². The van der Waals surface area contributed by atoms with Gasteiger partial charge in [-0.1, -0.05) is 11.6 Å². The highest BCUT2D eigenvalue weighted by Gasteiger charge is 2.27. The molecule has 3 rings (SSSR count). The van der Waals surface area contributed by atoms with E-state index in [0.29, 0.717) is 5.02 Å². The van der Waals surface area contributed by atoms with Crippen molar-refractivity contribution in [3.05, 3.63) is 35.5 Å². The van der Waals surface area contributed by atoms with E-state index in [1.807, 2.05) is 23.1 Å². The van der Waals surface area contributed by atoms with Crippen molar-refractivity contribution >= 4 is 28.5 Å². The maximum atomic E-state index is 11.0. The summed E-state index contributed by atoms with van der Waals surface area (Å²) in [6.45, 7) is 3.18. The number of hydrogen-bond acceptors (Lipinski definition) is 4. The van der Waals surface area contributed by atoms with Crippen LogP contribution >= 0.6 is 11.6 Å². The van der Waals surface area contributed by atoms with E-state index in [4.69, 9.17) is 21.4 Å². The predicted molar refractivity (Wildman–Crippen MR) is 89.1 cm³/mol. The molecule has 1 unspecified atom stereocenters. The molecule has 0 bridgehead atoms. The Morgan fingerprint density at radius 3 is 2.83 bits per heavy atom. The van der Waals surface area contributed by atoms with E-state index in [9.17, 15) is 4.79 Å². The summed E-state index contributed by atoms with van der Waals surface area (Å²) in [6, 6.07) is 7.04. The molecular formula is C17H19ClN2O3. The van der Waals surface area contributed by atoms with Crippen molar-refractivity contribution in [2.24, 2.45) is 0 Å². The number of halogens is 1. The van der Waals surface area contributed by atoms with Gasteiger partial charge in [0.25, 0.3) is 0 Å². The zero-order chi connectivity index (χ0) is 16.4. The monoisotopic (exact) mass is 334 g/mol. The van der Waals surface area contributed by atoms with Gasteiger partial charge >= 0.3 is 5.97 Å². The summed E-state index contributed by atoms with van der Waals surface area (Å²) in [4.78, 5) is 17.3. The van der Waals surface area contributed by atoms with Crippen molar-refractivity contribution in [1.82, 2.24) is 9.88 Å². The number of nitrogens with zero attached hydrogens (tertiary/aromatic N) is 2. The van der Waals surface area contributed by atoms with Crippen LogP contribution in [0.5, 0.6) is 5.75 Å². The molecular weight excluding hydrogens is 316 g/mol. The second-order valence-corrected chi connectivity index (χ2v) is 6.25.